The summed E-state index contributed by atoms with van der Waals surface area (Å²) in [7, 11) is 0. The van der Waals surface area contributed by atoms with Crippen LogP contribution in [0.3, 0.4) is 0 Å². The Morgan fingerprint density at radius 2 is 2.16 bits per heavy atom. The monoisotopic (exact) mass is 267 g/mol. The topological polar surface area (TPSA) is 49.8 Å². The molecular formula is C14H18FNO3. The zero-order valence-electron chi connectivity index (χ0n) is 10.7. The van der Waals surface area contributed by atoms with E-state index in [4.69, 9.17) is 9.84 Å². The molecule has 1 aliphatic rings. The van der Waals surface area contributed by atoms with E-state index in [1.807, 2.05) is 30.3 Å². The summed E-state index contributed by atoms with van der Waals surface area (Å²) in [5.41, 5.74) is -0.800. The second-order valence-corrected chi connectivity index (χ2v) is 4.87. The molecule has 1 N–H and O–H groups in total. The molecule has 0 aromatic heterocycles. The van der Waals surface area contributed by atoms with E-state index in [2.05, 4.69) is 0 Å². The molecule has 104 valence electrons. The smallest absolute Gasteiger partial charge is 0.410 e. The quantitative estimate of drug-likeness (QED) is 0.912. The van der Waals surface area contributed by atoms with Gasteiger partial charge in [-0.1, -0.05) is 30.3 Å². The molecule has 0 spiro atoms. The highest BCUT2D eigenvalue weighted by molar-refractivity contribution is 5.67. The first-order chi connectivity index (χ1) is 9.13. The molecule has 1 atom stereocenters. The number of halogens is 1. The summed E-state index contributed by atoms with van der Waals surface area (Å²) in [6, 6.07) is 9.33. The Morgan fingerprint density at radius 1 is 1.42 bits per heavy atom. The van der Waals surface area contributed by atoms with Gasteiger partial charge in [0.25, 0.3) is 0 Å². The normalized spacial score (nSPS) is 23.2. The molecule has 4 nitrogen and oxygen atoms in total. The Labute approximate surface area is 111 Å². The van der Waals surface area contributed by atoms with E-state index in [1.54, 1.807) is 0 Å². The lowest BCUT2D eigenvalue weighted by molar-refractivity contribution is -0.00434. The SMILES string of the molecule is O=C(OCc1ccccc1)N1CCCC(F)(CO)C1. The number of alkyl halides is 1. The van der Waals surface area contributed by atoms with Crippen LogP contribution in [0.1, 0.15) is 18.4 Å². The fourth-order valence-electron chi connectivity index (χ4n) is 2.18. The van der Waals surface area contributed by atoms with Crippen LogP contribution >= 0.6 is 0 Å². The van der Waals surface area contributed by atoms with Crippen molar-refractivity contribution in [3.8, 4) is 0 Å². The average molecular weight is 267 g/mol. The van der Waals surface area contributed by atoms with Gasteiger partial charge in [0.1, 0.15) is 6.61 Å². The van der Waals surface area contributed by atoms with E-state index in [-0.39, 0.29) is 19.6 Å². The van der Waals surface area contributed by atoms with Gasteiger partial charge >= 0.3 is 6.09 Å². The minimum absolute atomic E-state index is 0.100. The Hall–Kier alpha value is -1.62. The second-order valence-electron chi connectivity index (χ2n) is 4.87. The van der Waals surface area contributed by atoms with Gasteiger partial charge in [0, 0.05) is 6.54 Å². The predicted molar refractivity (Wildman–Crippen MR) is 68.4 cm³/mol. The largest absolute Gasteiger partial charge is 0.445 e. The van der Waals surface area contributed by atoms with Gasteiger partial charge in [-0.05, 0) is 18.4 Å². The van der Waals surface area contributed by atoms with Crippen molar-refractivity contribution in [1.29, 1.82) is 0 Å². The first kappa shape index (κ1) is 13.8. The molecule has 2 rings (SSSR count). The van der Waals surface area contributed by atoms with Crippen molar-refractivity contribution < 1.29 is 19.0 Å². The van der Waals surface area contributed by atoms with Gasteiger partial charge in [-0.25, -0.2) is 9.18 Å². The summed E-state index contributed by atoms with van der Waals surface area (Å²) in [4.78, 5) is 13.2. The maximum atomic E-state index is 14.0. The number of aliphatic hydroxyl groups is 1. The molecule has 1 heterocycles. The van der Waals surface area contributed by atoms with Crippen molar-refractivity contribution in [2.24, 2.45) is 0 Å². The zero-order chi connectivity index (χ0) is 13.7. The lowest BCUT2D eigenvalue weighted by Crippen LogP contribution is -2.49. The highest BCUT2D eigenvalue weighted by Crippen LogP contribution is 2.25. The van der Waals surface area contributed by atoms with Crippen LogP contribution in [-0.4, -0.2) is 41.5 Å². The van der Waals surface area contributed by atoms with Crippen LogP contribution in [0.2, 0.25) is 0 Å². The minimum Gasteiger partial charge on any atom is -0.445 e. The van der Waals surface area contributed by atoms with Gasteiger partial charge in [0.2, 0.25) is 0 Å². The van der Waals surface area contributed by atoms with Gasteiger partial charge in [-0.15, -0.1) is 0 Å². The Bertz CT molecular complexity index is 426. The number of hydrogen-bond donors (Lipinski definition) is 1. The Kier molecular flexibility index (Phi) is 4.37. The van der Waals surface area contributed by atoms with Gasteiger partial charge in [0.15, 0.2) is 5.67 Å². The van der Waals surface area contributed by atoms with Crippen LogP contribution in [-0.2, 0) is 11.3 Å². The average Bonchev–Trinajstić information content (AvgIpc) is 2.46. The van der Waals surface area contributed by atoms with Crippen molar-refractivity contribution in [1.82, 2.24) is 4.90 Å². The first-order valence-corrected chi connectivity index (χ1v) is 6.38. The molecule has 1 saturated heterocycles. The maximum absolute atomic E-state index is 14.0. The van der Waals surface area contributed by atoms with Crippen LogP contribution in [0.15, 0.2) is 30.3 Å². The maximum Gasteiger partial charge on any atom is 0.410 e. The number of aliphatic hydroxyl groups excluding tert-OH is 1. The number of carbonyl (C=O) groups excluding carboxylic acids is 1. The Morgan fingerprint density at radius 3 is 2.84 bits per heavy atom. The van der Waals surface area contributed by atoms with Gasteiger partial charge in [-0.2, -0.15) is 0 Å². The number of benzene rings is 1. The molecular weight excluding hydrogens is 249 g/mol. The van der Waals surface area contributed by atoms with Gasteiger partial charge in [0.05, 0.1) is 13.2 Å². The van der Waals surface area contributed by atoms with Crippen molar-refractivity contribution >= 4 is 6.09 Å². The van der Waals surface area contributed by atoms with Crippen molar-refractivity contribution in [2.45, 2.75) is 25.1 Å². The summed E-state index contributed by atoms with van der Waals surface area (Å²) in [5, 5.41) is 9.00. The number of hydrogen-bond acceptors (Lipinski definition) is 3. The van der Waals surface area contributed by atoms with Gasteiger partial charge < -0.3 is 14.7 Å². The molecule has 0 aliphatic carbocycles. The number of ether oxygens (including phenoxy) is 1. The molecule has 1 aromatic rings. The molecule has 1 fully saturated rings. The second kappa shape index (κ2) is 6.02. The predicted octanol–water partition coefficient (Wildman–Crippen LogP) is 2.12. The van der Waals surface area contributed by atoms with Crippen LogP contribution in [0.5, 0.6) is 0 Å². The number of likely N-dealkylation sites (tertiary alicyclic amines) is 1. The molecule has 1 unspecified atom stereocenters. The molecule has 1 aliphatic heterocycles. The highest BCUT2D eigenvalue weighted by atomic mass is 19.1. The van der Waals surface area contributed by atoms with Crippen LogP contribution < -0.4 is 0 Å². The van der Waals surface area contributed by atoms with Crippen molar-refractivity contribution in [3.05, 3.63) is 35.9 Å². The number of carbonyl (C=O) groups is 1. The third kappa shape index (κ3) is 3.67. The van der Waals surface area contributed by atoms with Crippen LogP contribution in [0, 0.1) is 0 Å². The molecule has 1 aromatic carbocycles. The summed E-state index contributed by atoms with van der Waals surface area (Å²) < 4.78 is 19.1. The number of amides is 1. The summed E-state index contributed by atoms with van der Waals surface area (Å²) in [5.74, 6) is 0. The molecule has 1 amide bonds. The fraction of sp³-hybridized carbons (Fsp3) is 0.500. The highest BCUT2D eigenvalue weighted by Gasteiger charge is 2.37. The molecule has 19 heavy (non-hydrogen) atoms. The van der Waals surface area contributed by atoms with Crippen LogP contribution in [0.4, 0.5) is 9.18 Å². The van der Waals surface area contributed by atoms with Gasteiger partial charge in [-0.3, -0.25) is 0 Å². The van der Waals surface area contributed by atoms with E-state index in [0.717, 1.165) is 5.56 Å². The summed E-state index contributed by atoms with van der Waals surface area (Å²) >= 11 is 0. The van der Waals surface area contributed by atoms with Crippen molar-refractivity contribution in [2.75, 3.05) is 19.7 Å². The van der Waals surface area contributed by atoms with Crippen molar-refractivity contribution in [3.63, 3.8) is 0 Å². The summed E-state index contributed by atoms with van der Waals surface area (Å²) in [6.07, 6.45) is 0.294. The number of nitrogens with zero attached hydrogens (tertiary/aromatic N) is 1. The molecule has 5 heteroatoms. The number of rotatable bonds is 3. The molecule has 0 radical (unpaired) electrons. The van der Waals surface area contributed by atoms with E-state index in [0.29, 0.717) is 13.0 Å². The van der Waals surface area contributed by atoms with E-state index in [9.17, 15) is 9.18 Å². The number of piperidine rings is 1. The van der Waals surface area contributed by atoms with E-state index in [1.165, 1.54) is 4.90 Å². The lowest BCUT2D eigenvalue weighted by atomic mass is 9.96. The van der Waals surface area contributed by atoms with E-state index >= 15 is 0 Å². The molecule has 0 saturated carbocycles. The van der Waals surface area contributed by atoms with Crippen LogP contribution in [0.25, 0.3) is 0 Å². The lowest BCUT2D eigenvalue weighted by Gasteiger charge is -2.35. The first-order valence-electron chi connectivity index (χ1n) is 6.38. The summed E-state index contributed by atoms with van der Waals surface area (Å²) in [6.45, 7) is -0.0134. The Balaban J connectivity index is 1.86. The standard InChI is InChI=1S/C14H18FNO3/c15-14(11-17)7-4-8-16(10-14)13(18)19-9-12-5-2-1-3-6-12/h1-3,5-6,17H,4,7-11H2. The third-order valence-electron chi connectivity index (χ3n) is 3.27. The van der Waals surface area contributed by atoms with E-state index < -0.39 is 18.4 Å². The fourth-order valence-corrected chi connectivity index (χ4v) is 2.18. The molecule has 0 bridgehead atoms. The zero-order valence-corrected chi connectivity index (χ0v) is 10.7. The minimum atomic E-state index is -1.69. The third-order valence-corrected chi connectivity index (χ3v) is 3.27.